The molecule has 0 aliphatic carbocycles. The molecule has 14 heteroatoms. The van der Waals surface area contributed by atoms with Gasteiger partial charge in [-0.05, 0) is 57.2 Å². The molecular weight excluding hydrogens is 558 g/mol. The Balaban J connectivity index is 2.06. The van der Waals surface area contributed by atoms with Gasteiger partial charge < -0.3 is 25.8 Å². The zero-order valence-corrected chi connectivity index (χ0v) is 24.2. The monoisotopic (exact) mass is 593 g/mol. The van der Waals surface area contributed by atoms with E-state index < -0.39 is 50.3 Å². The van der Waals surface area contributed by atoms with Gasteiger partial charge >= 0.3 is 6.09 Å². The molecule has 1 aromatic rings. The van der Waals surface area contributed by atoms with Crippen molar-refractivity contribution >= 4 is 51.4 Å². The van der Waals surface area contributed by atoms with E-state index in [0.29, 0.717) is 18.0 Å². The predicted octanol–water partition coefficient (Wildman–Crippen LogP) is 2.57. The van der Waals surface area contributed by atoms with Crippen LogP contribution in [0.4, 0.5) is 4.79 Å². The Kier molecular flexibility index (Phi) is 11.7. The second-order valence-electron chi connectivity index (χ2n) is 10.3. The lowest BCUT2D eigenvalue weighted by Crippen LogP contribution is -2.55. The Morgan fingerprint density at radius 2 is 1.97 bits per heavy atom. The maximum Gasteiger partial charge on any atom is 0.407 e. The van der Waals surface area contributed by atoms with Gasteiger partial charge in [-0.3, -0.25) is 14.1 Å². The summed E-state index contributed by atoms with van der Waals surface area (Å²) in [6.07, 6.45) is -0.508. The standard InChI is InChI=1S/C24H36ClN3O8S2/c1-14(2)10-18(28-23(32)36-13-24(3,4)37-17-7-5-6-16(25)12-17)21(30)27-19(22(31)38(33,34)35)11-15-8-9-26-20(15)29/h5-7,12,14-15,18-19,22,31H,8-11,13H2,1-4H3,(H,26,29)(H,27,30)(H,28,32)(H,33,34,35)/t15-,18-,19-,22?/m0/s1. The van der Waals surface area contributed by atoms with Gasteiger partial charge in [-0.2, -0.15) is 8.42 Å². The summed E-state index contributed by atoms with van der Waals surface area (Å²) in [4.78, 5) is 38.6. The van der Waals surface area contributed by atoms with Gasteiger partial charge in [0.25, 0.3) is 10.1 Å². The van der Waals surface area contributed by atoms with Crippen LogP contribution in [0.15, 0.2) is 29.2 Å². The molecule has 0 bridgehead atoms. The second kappa shape index (κ2) is 13.8. The number of hydrogen-bond acceptors (Lipinski definition) is 8. The molecule has 4 atom stereocenters. The van der Waals surface area contributed by atoms with E-state index in [0.717, 1.165) is 4.90 Å². The molecular formula is C24H36ClN3O8S2. The van der Waals surface area contributed by atoms with E-state index in [4.69, 9.17) is 16.3 Å². The van der Waals surface area contributed by atoms with Crippen LogP contribution in [-0.2, 0) is 24.4 Å². The predicted molar refractivity (Wildman–Crippen MR) is 144 cm³/mol. The lowest BCUT2D eigenvalue weighted by atomic mass is 9.97. The molecule has 1 saturated heterocycles. The van der Waals surface area contributed by atoms with Crippen LogP contribution < -0.4 is 16.0 Å². The number of ether oxygens (including phenoxy) is 1. The number of aliphatic hydroxyl groups excluding tert-OH is 1. The van der Waals surface area contributed by atoms with Crippen LogP contribution in [0.2, 0.25) is 5.02 Å². The number of benzene rings is 1. The number of carbonyl (C=O) groups is 3. The van der Waals surface area contributed by atoms with Crippen molar-refractivity contribution in [2.45, 2.75) is 74.1 Å². The first-order valence-corrected chi connectivity index (χ1v) is 14.9. The second-order valence-corrected chi connectivity index (χ2v) is 14.0. The number of hydrogen-bond donors (Lipinski definition) is 5. The van der Waals surface area contributed by atoms with E-state index in [1.807, 2.05) is 39.8 Å². The number of halogens is 1. The molecule has 1 aliphatic heterocycles. The summed E-state index contributed by atoms with van der Waals surface area (Å²) in [7, 11) is -4.95. The number of aliphatic hydroxyl groups is 1. The van der Waals surface area contributed by atoms with Crippen LogP contribution in [0, 0.1) is 11.8 Å². The van der Waals surface area contributed by atoms with Crippen LogP contribution in [0.25, 0.3) is 0 Å². The molecule has 214 valence electrons. The van der Waals surface area contributed by atoms with E-state index >= 15 is 0 Å². The molecule has 11 nitrogen and oxygen atoms in total. The summed E-state index contributed by atoms with van der Waals surface area (Å²) < 4.78 is 37.5. The van der Waals surface area contributed by atoms with Gasteiger partial charge in [0.15, 0.2) is 0 Å². The topological polar surface area (TPSA) is 171 Å². The molecule has 5 N–H and O–H groups in total. The molecule has 0 radical (unpaired) electrons. The van der Waals surface area contributed by atoms with Gasteiger partial charge in [0, 0.05) is 27.1 Å². The van der Waals surface area contributed by atoms with Crippen molar-refractivity contribution < 1.29 is 37.2 Å². The number of thioether (sulfide) groups is 1. The fourth-order valence-corrected chi connectivity index (χ4v) is 5.86. The van der Waals surface area contributed by atoms with Gasteiger partial charge in [0.05, 0.1) is 6.04 Å². The van der Waals surface area contributed by atoms with Crippen LogP contribution in [0.3, 0.4) is 0 Å². The summed E-state index contributed by atoms with van der Waals surface area (Å²) in [6, 6.07) is 4.64. The fraction of sp³-hybridized carbons (Fsp3) is 0.625. The summed E-state index contributed by atoms with van der Waals surface area (Å²) >= 11 is 7.49. The van der Waals surface area contributed by atoms with Crippen LogP contribution >= 0.6 is 23.4 Å². The maximum absolute atomic E-state index is 13.1. The minimum atomic E-state index is -4.95. The molecule has 1 aliphatic rings. The highest BCUT2D eigenvalue weighted by Crippen LogP contribution is 2.33. The van der Waals surface area contributed by atoms with Crippen LogP contribution in [-0.4, -0.2) is 71.4 Å². The lowest BCUT2D eigenvalue weighted by Gasteiger charge is -2.28. The van der Waals surface area contributed by atoms with E-state index in [2.05, 4.69) is 16.0 Å². The van der Waals surface area contributed by atoms with Crippen molar-refractivity contribution in [2.75, 3.05) is 13.2 Å². The minimum absolute atomic E-state index is 0.00686. The number of amides is 3. The van der Waals surface area contributed by atoms with E-state index in [1.54, 1.807) is 12.1 Å². The highest BCUT2D eigenvalue weighted by atomic mass is 35.5. The van der Waals surface area contributed by atoms with Gasteiger partial charge in [-0.1, -0.05) is 31.5 Å². The Bertz CT molecular complexity index is 1100. The van der Waals surface area contributed by atoms with E-state index in [9.17, 15) is 32.5 Å². The molecule has 3 amide bonds. The van der Waals surface area contributed by atoms with Crippen molar-refractivity contribution in [3.8, 4) is 0 Å². The summed E-state index contributed by atoms with van der Waals surface area (Å²) in [5, 5.41) is 18.3. The molecule has 2 rings (SSSR count). The Morgan fingerprint density at radius 1 is 1.29 bits per heavy atom. The van der Waals surface area contributed by atoms with Crippen molar-refractivity contribution in [3.63, 3.8) is 0 Å². The third kappa shape index (κ3) is 10.6. The van der Waals surface area contributed by atoms with Gasteiger partial charge in [-0.25, -0.2) is 4.79 Å². The zero-order valence-electron chi connectivity index (χ0n) is 21.8. The smallest absolute Gasteiger partial charge is 0.407 e. The number of rotatable bonds is 13. The third-order valence-electron chi connectivity index (χ3n) is 5.74. The molecule has 0 aromatic heterocycles. The van der Waals surface area contributed by atoms with Crippen molar-refractivity contribution in [2.24, 2.45) is 11.8 Å². The summed E-state index contributed by atoms with van der Waals surface area (Å²) in [5.41, 5.74) is -2.35. The maximum atomic E-state index is 13.1. The normalized spacial score (nSPS) is 18.4. The molecule has 38 heavy (non-hydrogen) atoms. The fourth-order valence-electron chi connectivity index (χ4n) is 3.92. The van der Waals surface area contributed by atoms with Crippen LogP contribution in [0.1, 0.15) is 47.0 Å². The number of nitrogens with one attached hydrogen (secondary N) is 3. The summed E-state index contributed by atoms with van der Waals surface area (Å²) in [5.74, 6) is -1.83. The largest absolute Gasteiger partial charge is 0.448 e. The lowest BCUT2D eigenvalue weighted by molar-refractivity contribution is -0.126. The number of alkyl carbamates (subject to hydrolysis) is 1. The highest BCUT2D eigenvalue weighted by Gasteiger charge is 2.38. The first-order chi connectivity index (χ1) is 17.6. The van der Waals surface area contributed by atoms with E-state index in [1.165, 1.54) is 11.8 Å². The molecule has 0 saturated carbocycles. The van der Waals surface area contributed by atoms with E-state index in [-0.39, 0.29) is 31.3 Å². The van der Waals surface area contributed by atoms with Crippen LogP contribution in [0.5, 0.6) is 0 Å². The first-order valence-electron chi connectivity index (χ1n) is 12.2. The molecule has 1 unspecified atom stereocenters. The van der Waals surface area contributed by atoms with Crippen molar-refractivity contribution in [1.82, 2.24) is 16.0 Å². The molecule has 1 heterocycles. The average Bonchev–Trinajstić information content (AvgIpc) is 3.19. The first kappa shape index (κ1) is 32.2. The average molecular weight is 594 g/mol. The third-order valence-corrected chi connectivity index (χ3v) is 8.07. The van der Waals surface area contributed by atoms with Gasteiger partial charge in [-0.15, -0.1) is 11.8 Å². The quantitative estimate of drug-likeness (QED) is 0.170. The van der Waals surface area contributed by atoms with Crippen molar-refractivity contribution in [3.05, 3.63) is 29.3 Å². The Morgan fingerprint density at radius 3 is 2.53 bits per heavy atom. The van der Waals surface area contributed by atoms with Crippen molar-refractivity contribution in [1.29, 1.82) is 0 Å². The van der Waals surface area contributed by atoms with Gasteiger partial charge in [0.1, 0.15) is 12.6 Å². The Hall–Kier alpha value is -2.06. The molecule has 1 aromatic carbocycles. The van der Waals surface area contributed by atoms with Gasteiger partial charge in [0.2, 0.25) is 17.3 Å². The summed E-state index contributed by atoms with van der Waals surface area (Å²) in [6.45, 7) is 7.79. The number of carbonyl (C=O) groups excluding carboxylic acids is 3. The zero-order chi connectivity index (χ0) is 28.7. The molecule has 1 fully saturated rings. The minimum Gasteiger partial charge on any atom is -0.448 e. The Labute approximate surface area is 232 Å². The SMILES string of the molecule is CC(C)C[C@H](NC(=O)OCC(C)(C)Sc1cccc(Cl)c1)C(=O)N[C@@H](C[C@@H]1CCNC1=O)C(O)S(=O)(=O)O. The highest BCUT2D eigenvalue weighted by molar-refractivity contribution is 8.00. The molecule has 0 spiro atoms.